The van der Waals surface area contributed by atoms with Crippen LogP contribution in [0.15, 0.2) is 65.6 Å². The van der Waals surface area contributed by atoms with Gasteiger partial charge in [0.05, 0.1) is 16.6 Å². The number of nitrogens with one attached hydrogen (secondary N) is 1. The molecule has 1 saturated heterocycles. The molecular weight excluding hydrogens is 446 g/mol. The Morgan fingerprint density at radius 3 is 2.47 bits per heavy atom. The monoisotopic (exact) mass is 469 g/mol. The smallest absolute Gasteiger partial charge is 0.265 e. The predicted octanol–water partition coefficient (Wildman–Crippen LogP) is 3.96. The summed E-state index contributed by atoms with van der Waals surface area (Å²) in [4.78, 5) is 15.5. The molecule has 166 valence electrons. The molecule has 0 saturated carbocycles. The van der Waals surface area contributed by atoms with Crippen LogP contribution in [0.2, 0.25) is 5.02 Å². The van der Waals surface area contributed by atoms with Crippen molar-refractivity contribution in [3.8, 4) is 0 Å². The van der Waals surface area contributed by atoms with Gasteiger partial charge in [-0.05, 0) is 55.1 Å². The number of hydrogen-bond donors (Lipinski definition) is 1. The number of rotatable bonds is 6. The Morgan fingerprint density at radius 2 is 1.72 bits per heavy atom. The number of carbonyl (C=O) groups excluding carboxylic acids is 1. The summed E-state index contributed by atoms with van der Waals surface area (Å²) in [5, 5.41) is 5.15. The summed E-state index contributed by atoms with van der Waals surface area (Å²) in [5.41, 5.74) is 1.53. The third kappa shape index (κ3) is 3.64. The minimum Gasteiger partial charge on any atom is -0.353 e. The highest BCUT2D eigenvalue weighted by atomic mass is 35.5. The van der Waals surface area contributed by atoms with E-state index in [-0.39, 0.29) is 23.4 Å². The van der Waals surface area contributed by atoms with Crippen LogP contribution >= 0.6 is 11.6 Å². The zero-order chi connectivity index (χ0) is 22.3. The van der Waals surface area contributed by atoms with Crippen molar-refractivity contribution >= 4 is 44.0 Å². The lowest BCUT2D eigenvalue weighted by molar-refractivity contribution is -0.119. The fourth-order valence-corrected chi connectivity index (χ4v) is 6.69. The lowest BCUT2D eigenvalue weighted by atomic mass is 10.1. The first-order valence-corrected chi connectivity index (χ1v) is 12.6. The van der Waals surface area contributed by atoms with Crippen molar-refractivity contribution in [1.29, 1.82) is 0 Å². The van der Waals surface area contributed by atoms with Gasteiger partial charge in [-0.25, -0.2) is 8.42 Å². The summed E-state index contributed by atoms with van der Waals surface area (Å²) < 4.78 is 27.5. The topological polar surface area (TPSA) is 69.7 Å². The Morgan fingerprint density at radius 1 is 1.00 bits per heavy atom. The number of carbonyl (C=O) groups is 1. The van der Waals surface area contributed by atoms with Crippen LogP contribution in [0.4, 0.5) is 5.69 Å². The predicted molar refractivity (Wildman–Crippen MR) is 126 cm³/mol. The maximum absolute atomic E-state index is 13.1. The summed E-state index contributed by atoms with van der Waals surface area (Å²) in [6.45, 7) is 2.01. The van der Waals surface area contributed by atoms with Crippen molar-refractivity contribution in [2.45, 2.75) is 23.8 Å². The molecule has 0 bridgehead atoms. The van der Waals surface area contributed by atoms with Crippen molar-refractivity contribution in [3.63, 3.8) is 0 Å². The first-order chi connectivity index (χ1) is 15.5. The van der Waals surface area contributed by atoms with Crippen molar-refractivity contribution in [2.75, 3.05) is 30.5 Å². The molecule has 2 aliphatic heterocycles. The largest absolute Gasteiger partial charge is 0.353 e. The summed E-state index contributed by atoms with van der Waals surface area (Å²) in [5.74, 6) is -0.338. The van der Waals surface area contributed by atoms with Gasteiger partial charge in [0.1, 0.15) is 6.54 Å². The highest BCUT2D eigenvalue weighted by Crippen LogP contribution is 2.41. The number of likely N-dealkylation sites (tertiary alicyclic amines) is 1. The molecule has 2 aliphatic rings. The van der Waals surface area contributed by atoms with Gasteiger partial charge in [0, 0.05) is 17.0 Å². The van der Waals surface area contributed by atoms with Crippen LogP contribution in [-0.2, 0) is 14.8 Å². The molecule has 3 aromatic carbocycles. The number of amides is 1. The summed E-state index contributed by atoms with van der Waals surface area (Å²) >= 11 is 6.46. The van der Waals surface area contributed by atoms with Crippen LogP contribution in [0.1, 0.15) is 24.4 Å². The highest BCUT2D eigenvalue weighted by molar-refractivity contribution is 7.93. The Labute approximate surface area is 192 Å². The maximum Gasteiger partial charge on any atom is 0.265 e. The number of nitrogens with zero attached hydrogens (tertiary/aromatic N) is 2. The summed E-state index contributed by atoms with van der Waals surface area (Å²) in [6.07, 6.45) is 2.23. The summed E-state index contributed by atoms with van der Waals surface area (Å²) in [7, 11) is -3.77. The molecule has 2 heterocycles. The fraction of sp³-hybridized carbons (Fsp3) is 0.292. The normalized spacial score (nSPS) is 18.2. The van der Waals surface area contributed by atoms with Crippen LogP contribution in [0.5, 0.6) is 0 Å². The first-order valence-electron chi connectivity index (χ1n) is 10.8. The average molecular weight is 470 g/mol. The molecular formula is C24H24ClN3O3S. The van der Waals surface area contributed by atoms with Crippen LogP contribution in [0, 0.1) is 0 Å². The van der Waals surface area contributed by atoms with Gasteiger partial charge in [-0.15, -0.1) is 0 Å². The zero-order valence-corrected chi connectivity index (χ0v) is 19.1. The second-order valence-electron chi connectivity index (χ2n) is 8.23. The average Bonchev–Trinajstić information content (AvgIpc) is 3.39. The molecule has 1 fully saturated rings. The zero-order valence-electron chi connectivity index (χ0n) is 17.5. The van der Waals surface area contributed by atoms with E-state index in [1.165, 1.54) is 4.31 Å². The molecule has 1 atom stereocenters. The Hall–Kier alpha value is -2.61. The van der Waals surface area contributed by atoms with Crippen molar-refractivity contribution < 1.29 is 13.2 Å². The Balaban J connectivity index is 1.36. The highest BCUT2D eigenvalue weighted by Gasteiger charge is 2.36. The quantitative estimate of drug-likeness (QED) is 0.593. The minimum atomic E-state index is -3.77. The Bertz CT molecular complexity index is 1280. The van der Waals surface area contributed by atoms with E-state index in [2.05, 4.69) is 10.2 Å². The van der Waals surface area contributed by atoms with Gasteiger partial charge in [0.15, 0.2) is 0 Å². The molecule has 6 nitrogen and oxygen atoms in total. The molecule has 8 heteroatoms. The van der Waals surface area contributed by atoms with Crippen molar-refractivity contribution in [2.24, 2.45) is 0 Å². The van der Waals surface area contributed by atoms with Crippen LogP contribution in [0.3, 0.4) is 0 Å². The number of benzene rings is 3. The van der Waals surface area contributed by atoms with Crippen LogP contribution < -0.4 is 9.62 Å². The van der Waals surface area contributed by atoms with Crippen molar-refractivity contribution in [3.05, 3.63) is 71.2 Å². The lowest BCUT2D eigenvalue weighted by Gasteiger charge is -2.29. The van der Waals surface area contributed by atoms with E-state index in [9.17, 15) is 13.2 Å². The molecule has 0 spiro atoms. The van der Waals surface area contributed by atoms with E-state index in [1.807, 2.05) is 42.5 Å². The van der Waals surface area contributed by atoms with Gasteiger partial charge >= 0.3 is 0 Å². The lowest BCUT2D eigenvalue weighted by Crippen LogP contribution is -2.42. The van der Waals surface area contributed by atoms with Crippen molar-refractivity contribution in [1.82, 2.24) is 10.2 Å². The van der Waals surface area contributed by atoms with Crippen LogP contribution in [0.25, 0.3) is 10.8 Å². The van der Waals surface area contributed by atoms with E-state index >= 15 is 0 Å². The summed E-state index contributed by atoms with van der Waals surface area (Å²) in [6, 6.07) is 18.3. The van der Waals surface area contributed by atoms with E-state index in [0.717, 1.165) is 36.9 Å². The molecule has 0 radical (unpaired) electrons. The molecule has 0 aliphatic carbocycles. The molecule has 1 amide bonds. The SMILES string of the molecule is O=C(CN1c2cccc3cccc(c23)S1(=O)=O)NC[C@H](c1ccccc1Cl)N1CCCC1. The molecule has 3 aromatic rings. The van der Waals surface area contributed by atoms with Gasteiger partial charge in [-0.1, -0.05) is 54.1 Å². The first kappa shape index (κ1) is 21.2. The van der Waals surface area contributed by atoms with E-state index in [4.69, 9.17) is 11.6 Å². The molecule has 0 aromatic heterocycles. The van der Waals surface area contributed by atoms with Gasteiger partial charge in [-0.2, -0.15) is 0 Å². The third-order valence-electron chi connectivity index (χ3n) is 6.31. The van der Waals surface area contributed by atoms with Gasteiger partial charge in [0.25, 0.3) is 10.0 Å². The number of halogens is 1. The molecule has 5 rings (SSSR count). The van der Waals surface area contributed by atoms with Gasteiger partial charge in [-0.3, -0.25) is 14.0 Å². The second-order valence-corrected chi connectivity index (χ2v) is 10.5. The van der Waals surface area contributed by atoms with Gasteiger partial charge < -0.3 is 5.32 Å². The van der Waals surface area contributed by atoms with E-state index in [1.54, 1.807) is 18.2 Å². The molecule has 1 N–H and O–H groups in total. The Kier molecular flexibility index (Phi) is 5.57. The number of sulfonamides is 1. The molecule has 0 unspecified atom stereocenters. The molecule has 32 heavy (non-hydrogen) atoms. The van der Waals surface area contributed by atoms with E-state index in [0.29, 0.717) is 22.6 Å². The van der Waals surface area contributed by atoms with Gasteiger partial charge in [0.2, 0.25) is 5.91 Å². The fourth-order valence-electron chi connectivity index (χ4n) is 4.76. The standard InChI is InChI=1S/C24H24ClN3O3S/c25-19-10-2-1-9-18(19)21(27-13-3-4-14-27)15-26-23(29)16-28-20-11-5-7-17-8-6-12-22(24(17)20)32(28,30)31/h1-2,5-12,21H,3-4,13-16H2,(H,26,29)/t21-/m1/s1. The minimum absolute atomic E-state index is 0.0500. The third-order valence-corrected chi connectivity index (χ3v) is 8.45. The second kappa shape index (κ2) is 8.39. The number of hydrogen-bond acceptors (Lipinski definition) is 4. The van der Waals surface area contributed by atoms with Crippen LogP contribution in [-0.4, -0.2) is 45.4 Å². The number of anilines is 1. The maximum atomic E-state index is 13.1. The van der Waals surface area contributed by atoms with E-state index < -0.39 is 10.0 Å².